The lowest BCUT2D eigenvalue weighted by Gasteiger charge is -2.34. The van der Waals surface area contributed by atoms with Crippen LogP contribution in [0.4, 0.5) is 4.79 Å². The first kappa shape index (κ1) is 27.9. The first-order valence-electron chi connectivity index (χ1n) is 10.7. The van der Waals surface area contributed by atoms with Crippen LogP contribution in [0.1, 0.15) is 50.4 Å². The third-order valence-corrected chi connectivity index (χ3v) is 4.81. The van der Waals surface area contributed by atoms with Crippen LogP contribution in [0.3, 0.4) is 0 Å². The van der Waals surface area contributed by atoms with Crippen molar-refractivity contribution in [1.82, 2.24) is 15.5 Å². The predicted molar refractivity (Wildman–Crippen MR) is 121 cm³/mol. The lowest BCUT2D eigenvalue weighted by atomic mass is 9.93. The highest BCUT2D eigenvalue weighted by molar-refractivity contribution is 5.93. The Bertz CT molecular complexity index is 844. The second kappa shape index (κ2) is 12.2. The number of carbonyl (C=O) groups is 4. The number of carbonyl (C=O) groups excluding carboxylic acids is 4. The third-order valence-electron chi connectivity index (χ3n) is 4.81. The van der Waals surface area contributed by atoms with E-state index in [4.69, 9.17) is 4.74 Å². The van der Waals surface area contributed by atoms with E-state index in [1.807, 2.05) is 32.0 Å². The van der Waals surface area contributed by atoms with E-state index in [9.17, 15) is 24.3 Å². The van der Waals surface area contributed by atoms with Gasteiger partial charge in [0.05, 0.1) is 13.7 Å². The second-order valence-electron chi connectivity index (χ2n) is 8.51. The third kappa shape index (κ3) is 8.05. The number of benzene rings is 1. The molecule has 0 aliphatic rings. The number of ether oxygens (including phenoxy) is 2. The van der Waals surface area contributed by atoms with Crippen molar-refractivity contribution in [1.29, 1.82) is 0 Å². The summed E-state index contributed by atoms with van der Waals surface area (Å²) < 4.78 is 9.76. The van der Waals surface area contributed by atoms with E-state index in [-0.39, 0.29) is 13.1 Å². The first-order valence-corrected chi connectivity index (χ1v) is 10.7. The summed E-state index contributed by atoms with van der Waals surface area (Å²) in [5.41, 5.74) is 1.32. The maximum atomic E-state index is 13.4. The summed E-state index contributed by atoms with van der Waals surface area (Å²) in [7, 11) is 1.20. The maximum Gasteiger partial charge on any atom is 0.408 e. The van der Waals surface area contributed by atoms with Gasteiger partial charge in [-0.3, -0.25) is 14.4 Å². The zero-order chi connectivity index (χ0) is 25.3. The van der Waals surface area contributed by atoms with Crippen LogP contribution in [0.15, 0.2) is 18.2 Å². The van der Waals surface area contributed by atoms with Gasteiger partial charge >= 0.3 is 12.1 Å². The minimum absolute atomic E-state index is 0.0927. The Labute approximate surface area is 194 Å². The smallest absolute Gasteiger partial charge is 0.408 e. The number of rotatable bonds is 9. The molecule has 2 atom stereocenters. The van der Waals surface area contributed by atoms with Crippen molar-refractivity contribution in [3.05, 3.63) is 34.9 Å². The average Bonchev–Trinajstić information content (AvgIpc) is 2.73. The van der Waals surface area contributed by atoms with Gasteiger partial charge in [0.1, 0.15) is 24.2 Å². The van der Waals surface area contributed by atoms with E-state index in [2.05, 4.69) is 15.4 Å². The van der Waals surface area contributed by atoms with E-state index in [0.29, 0.717) is 5.56 Å². The maximum absolute atomic E-state index is 13.4. The summed E-state index contributed by atoms with van der Waals surface area (Å²) in [6, 6.07) is 3.01. The van der Waals surface area contributed by atoms with Crippen molar-refractivity contribution < 1.29 is 33.8 Å². The molecule has 0 radical (unpaired) electrons. The van der Waals surface area contributed by atoms with Crippen LogP contribution in [0, 0.1) is 13.8 Å². The number of nitrogens with one attached hydrogen (secondary N) is 2. The number of methoxy groups -OCH3 is 1. The molecule has 2 unspecified atom stereocenters. The molecule has 10 heteroatoms. The molecule has 0 saturated heterocycles. The fourth-order valence-corrected chi connectivity index (χ4v) is 3.32. The van der Waals surface area contributed by atoms with Crippen molar-refractivity contribution in [2.45, 2.75) is 59.2 Å². The first-order chi connectivity index (χ1) is 15.4. The van der Waals surface area contributed by atoms with Crippen LogP contribution in [-0.4, -0.2) is 72.3 Å². The predicted octanol–water partition coefficient (Wildman–Crippen LogP) is 1.37. The monoisotopic (exact) mass is 465 g/mol. The molecule has 10 nitrogen and oxygen atoms in total. The number of aryl methyl sites for hydroxylation is 2. The molecule has 3 amide bonds. The summed E-state index contributed by atoms with van der Waals surface area (Å²) >= 11 is 0. The highest BCUT2D eigenvalue weighted by Gasteiger charge is 2.36. The van der Waals surface area contributed by atoms with Gasteiger partial charge < -0.3 is 30.1 Å². The Kier molecular flexibility index (Phi) is 10.3. The van der Waals surface area contributed by atoms with Crippen molar-refractivity contribution >= 4 is 23.9 Å². The van der Waals surface area contributed by atoms with Crippen molar-refractivity contribution in [2.24, 2.45) is 0 Å². The second-order valence-corrected chi connectivity index (χ2v) is 8.51. The molecule has 0 aromatic heterocycles. The van der Waals surface area contributed by atoms with Crippen LogP contribution in [0.25, 0.3) is 0 Å². The van der Waals surface area contributed by atoms with Gasteiger partial charge in [0.15, 0.2) is 0 Å². The van der Waals surface area contributed by atoms with Gasteiger partial charge in [-0.1, -0.05) is 18.2 Å². The summed E-state index contributed by atoms with van der Waals surface area (Å²) in [4.78, 5) is 51.6. The molecule has 0 spiro atoms. The number of likely N-dealkylation sites (N-methyl/N-ethyl adjacent to an activating group) is 1. The normalized spacial score (nSPS) is 12.8. The lowest BCUT2D eigenvalue weighted by Crippen LogP contribution is -2.54. The molecule has 0 aliphatic heterocycles. The number of aliphatic hydroxyl groups is 1. The van der Waals surface area contributed by atoms with E-state index >= 15 is 0 Å². The van der Waals surface area contributed by atoms with E-state index in [0.717, 1.165) is 11.1 Å². The Morgan fingerprint density at radius 3 is 2.15 bits per heavy atom. The average molecular weight is 466 g/mol. The molecule has 1 rings (SSSR count). The van der Waals surface area contributed by atoms with E-state index < -0.39 is 48.2 Å². The largest absolute Gasteiger partial charge is 0.468 e. The topological polar surface area (TPSA) is 134 Å². The zero-order valence-corrected chi connectivity index (χ0v) is 20.4. The van der Waals surface area contributed by atoms with Gasteiger partial charge in [0.25, 0.3) is 0 Å². The summed E-state index contributed by atoms with van der Waals surface area (Å²) in [6.07, 6.45) is -0.871. The fraction of sp³-hybridized carbons (Fsp3) is 0.565. The van der Waals surface area contributed by atoms with Gasteiger partial charge in [0.2, 0.25) is 11.8 Å². The molecule has 0 bridgehead atoms. The Morgan fingerprint density at radius 1 is 1.12 bits per heavy atom. The number of nitrogens with zero attached hydrogens (tertiary/aromatic N) is 1. The molecular weight excluding hydrogens is 430 g/mol. The number of aliphatic hydroxyl groups excluding tert-OH is 1. The number of hydrogen-bond acceptors (Lipinski definition) is 7. The van der Waals surface area contributed by atoms with E-state index in [1.54, 1.807) is 27.7 Å². The fourth-order valence-electron chi connectivity index (χ4n) is 3.32. The Hall–Kier alpha value is -3.14. The minimum atomic E-state index is -1.33. The highest BCUT2D eigenvalue weighted by atomic mass is 16.6. The van der Waals surface area contributed by atoms with Crippen LogP contribution in [0.2, 0.25) is 0 Å². The Balaban J connectivity index is 3.34. The van der Waals surface area contributed by atoms with Gasteiger partial charge in [0, 0.05) is 6.54 Å². The molecule has 1 aromatic rings. The summed E-state index contributed by atoms with van der Waals surface area (Å²) in [5, 5.41) is 14.7. The van der Waals surface area contributed by atoms with E-state index in [1.165, 1.54) is 12.0 Å². The molecule has 1 aromatic carbocycles. The standard InChI is InChI=1S/C23H35N3O7/c1-8-26(21(30)16(13-27)25-22(31)33-23(4,5)6)19(20(29)24-12-17(28)32-7)18-14(2)10-9-11-15(18)3/h9-11,16,19,27H,8,12-13H2,1-7H3,(H,24,29)(H,25,31). The number of hydrogen-bond donors (Lipinski definition) is 3. The van der Waals surface area contributed by atoms with Crippen LogP contribution >= 0.6 is 0 Å². The highest BCUT2D eigenvalue weighted by Crippen LogP contribution is 2.28. The SMILES string of the molecule is CCN(C(=O)C(CO)NC(=O)OC(C)(C)C)C(C(=O)NCC(=O)OC)c1c(C)cccc1C. The number of esters is 1. The van der Waals surface area contributed by atoms with Crippen LogP contribution < -0.4 is 10.6 Å². The quantitative estimate of drug-likeness (QED) is 0.469. The minimum Gasteiger partial charge on any atom is -0.468 e. The van der Waals surface area contributed by atoms with Gasteiger partial charge in [-0.2, -0.15) is 0 Å². The van der Waals surface area contributed by atoms with Crippen molar-refractivity contribution in [3.63, 3.8) is 0 Å². The van der Waals surface area contributed by atoms with Crippen molar-refractivity contribution in [2.75, 3.05) is 26.8 Å². The zero-order valence-electron chi connectivity index (χ0n) is 20.4. The van der Waals surface area contributed by atoms with Gasteiger partial charge in [-0.25, -0.2) is 4.79 Å². The molecular formula is C23H35N3O7. The molecule has 0 saturated carbocycles. The molecule has 3 N–H and O–H groups in total. The molecule has 0 aliphatic carbocycles. The molecule has 0 heterocycles. The molecule has 0 fully saturated rings. The Morgan fingerprint density at radius 2 is 1.70 bits per heavy atom. The molecule has 184 valence electrons. The number of alkyl carbamates (subject to hydrolysis) is 1. The van der Waals surface area contributed by atoms with Gasteiger partial charge in [-0.15, -0.1) is 0 Å². The summed E-state index contributed by atoms with van der Waals surface area (Å²) in [6.45, 7) is 9.33. The number of amides is 3. The molecule has 33 heavy (non-hydrogen) atoms. The van der Waals surface area contributed by atoms with Crippen LogP contribution in [-0.2, 0) is 23.9 Å². The lowest BCUT2D eigenvalue weighted by molar-refractivity contribution is -0.145. The van der Waals surface area contributed by atoms with Crippen LogP contribution in [0.5, 0.6) is 0 Å². The summed E-state index contributed by atoms with van der Waals surface area (Å²) in [5.74, 6) is -1.91. The van der Waals surface area contributed by atoms with Gasteiger partial charge in [-0.05, 0) is 58.2 Å². The van der Waals surface area contributed by atoms with Crippen molar-refractivity contribution in [3.8, 4) is 0 Å².